The lowest BCUT2D eigenvalue weighted by Gasteiger charge is -2.12. The molecule has 0 saturated heterocycles. The molecule has 2 rings (SSSR count). The van der Waals surface area contributed by atoms with Crippen molar-refractivity contribution >= 4 is 11.6 Å². The number of rotatable bonds is 3. The summed E-state index contributed by atoms with van der Waals surface area (Å²) in [6, 6.07) is 6.45. The molecule has 0 aromatic heterocycles. The van der Waals surface area contributed by atoms with E-state index in [0.29, 0.717) is 13.0 Å². The smallest absolute Gasteiger partial charge is 0.219 e. The zero-order valence-electron chi connectivity index (χ0n) is 9.92. The van der Waals surface area contributed by atoms with Gasteiger partial charge in [0.25, 0.3) is 0 Å². The third-order valence-corrected chi connectivity index (χ3v) is 3.08. The first-order valence-corrected chi connectivity index (χ1v) is 5.80. The highest BCUT2D eigenvalue weighted by Gasteiger charge is 2.15. The summed E-state index contributed by atoms with van der Waals surface area (Å²) in [6.07, 6.45) is 1.66. The molecule has 1 aliphatic rings. The van der Waals surface area contributed by atoms with Crippen LogP contribution in [0.4, 0.5) is 5.69 Å². The molecule has 0 saturated carbocycles. The van der Waals surface area contributed by atoms with Crippen molar-refractivity contribution in [3.05, 3.63) is 29.3 Å². The minimum atomic E-state index is 0.109. The lowest BCUT2D eigenvalue weighted by atomic mass is 10.1. The van der Waals surface area contributed by atoms with E-state index in [4.69, 9.17) is 0 Å². The van der Waals surface area contributed by atoms with Gasteiger partial charge in [-0.05, 0) is 23.6 Å². The number of fused-ring (bicyclic) bond motifs is 1. The Morgan fingerprint density at radius 3 is 3.06 bits per heavy atom. The highest BCUT2D eigenvalue weighted by molar-refractivity contribution is 5.75. The molecule has 16 heavy (non-hydrogen) atoms. The van der Waals surface area contributed by atoms with E-state index in [-0.39, 0.29) is 5.91 Å². The number of benzene rings is 1. The molecule has 1 aromatic rings. The Morgan fingerprint density at radius 2 is 2.31 bits per heavy atom. The van der Waals surface area contributed by atoms with Crippen molar-refractivity contribution in [1.29, 1.82) is 0 Å². The minimum absolute atomic E-state index is 0.109. The maximum absolute atomic E-state index is 11.2. The SMILES string of the molecule is CCC(=O)NCc1ccc2c(c1)CCN2C. The van der Waals surface area contributed by atoms with Crippen LogP contribution in [0.25, 0.3) is 0 Å². The van der Waals surface area contributed by atoms with Crippen LogP contribution in [0.5, 0.6) is 0 Å². The van der Waals surface area contributed by atoms with Crippen molar-refractivity contribution in [2.24, 2.45) is 0 Å². The van der Waals surface area contributed by atoms with E-state index in [1.165, 1.54) is 16.8 Å². The van der Waals surface area contributed by atoms with Gasteiger partial charge in [-0.25, -0.2) is 0 Å². The highest BCUT2D eigenvalue weighted by atomic mass is 16.1. The van der Waals surface area contributed by atoms with Gasteiger partial charge in [0, 0.05) is 32.2 Å². The maximum Gasteiger partial charge on any atom is 0.219 e. The summed E-state index contributed by atoms with van der Waals surface area (Å²) in [7, 11) is 2.12. The van der Waals surface area contributed by atoms with E-state index in [1.807, 2.05) is 6.92 Å². The number of likely N-dealkylation sites (N-methyl/N-ethyl adjacent to an activating group) is 1. The van der Waals surface area contributed by atoms with Crippen LogP contribution >= 0.6 is 0 Å². The van der Waals surface area contributed by atoms with Gasteiger partial charge in [-0.3, -0.25) is 4.79 Å². The predicted octanol–water partition coefficient (Wildman–Crippen LogP) is 1.71. The molecular weight excluding hydrogens is 200 g/mol. The third-order valence-electron chi connectivity index (χ3n) is 3.08. The lowest BCUT2D eigenvalue weighted by Crippen LogP contribution is -2.21. The highest BCUT2D eigenvalue weighted by Crippen LogP contribution is 2.27. The molecule has 3 heteroatoms. The molecule has 1 N–H and O–H groups in total. The first-order valence-electron chi connectivity index (χ1n) is 5.80. The standard InChI is InChI=1S/C13H18N2O/c1-3-13(16)14-9-10-4-5-12-11(8-10)6-7-15(12)2/h4-5,8H,3,6-7,9H2,1-2H3,(H,14,16). The molecule has 0 fully saturated rings. The Labute approximate surface area is 96.5 Å². The zero-order valence-corrected chi connectivity index (χ0v) is 9.92. The number of hydrogen-bond donors (Lipinski definition) is 1. The van der Waals surface area contributed by atoms with Crippen LogP contribution in [-0.4, -0.2) is 19.5 Å². The number of anilines is 1. The summed E-state index contributed by atoms with van der Waals surface area (Å²) >= 11 is 0. The van der Waals surface area contributed by atoms with E-state index in [1.54, 1.807) is 0 Å². The van der Waals surface area contributed by atoms with Gasteiger partial charge in [0.05, 0.1) is 0 Å². The van der Waals surface area contributed by atoms with Gasteiger partial charge in [0.1, 0.15) is 0 Å². The maximum atomic E-state index is 11.2. The average Bonchev–Trinajstić information content (AvgIpc) is 2.67. The Hall–Kier alpha value is -1.51. The summed E-state index contributed by atoms with van der Waals surface area (Å²) in [5.74, 6) is 0.109. The van der Waals surface area contributed by atoms with E-state index in [9.17, 15) is 4.79 Å². The van der Waals surface area contributed by atoms with Gasteiger partial charge in [0.2, 0.25) is 5.91 Å². The topological polar surface area (TPSA) is 32.3 Å². The Kier molecular flexibility index (Phi) is 3.13. The second kappa shape index (κ2) is 4.56. The van der Waals surface area contributed by atoms with Gasteiger partial charge in [-0.2, -0.15) is 0 Å². The molecule has 1 heterocycles. The van der Waals surface area contributed by atoms with E-state index in [2.05, 4.69) is 35.5 Å². The van der Waals surface area contributed by atoms with Crippen molar-refractivity contribution in [2.45, 2.75) is 26.3 Å². The van der Waals surface area contributed by atoms with E-state index in [0.717, 1.165) is 13.0 Å². The van der Waals surface area contributed by atoms with Gasteiger partial charge in [-0.1, -0.05) is 19.1 Å². The molecule has 86 valence electrons. The molecule has 0 atom stereocenters. The average molecular weight is 218 g/mol. The van der Waals surface area contributed by atoms with Gasteiger partial charge in [-0.15, -0.1) is 0 Å². The molecule has 1 amide bonds. The molecular formula is C13H18N2O. The fraction of sp³-hybridized carbons (Fsp3) is 0.462. The van der Waals surface area contributed by atoms with Gasteiger partial charge >= 0.3 is 0 Å². The first-order chi connectivity index (χ1) is 7.70. The van der Waals surface area contributed by atoms with Crippen molar-refractivity contribution in [1.82, 2.24) is 5.32 Å². The summed E-state index contributed by atoms with van der Waals surface area (Å²) in [6.45, 7) is 3.61. The van der Waals surface area contributed by atoms with Crippen molar-refractivity contribution in [3.8, 4) is 0 Å². The molecule has 0 bridgehead atoms. The minimum Gasteiger partial charge on any atom is -0.374 e. The number of amides is 1. The number of nitrogens with zero attached hydrogens (tertiary/aromatic N) is 1. The second-order valence-electron chi connectivity index (χ2n) is 4.26. The molecule has 3 nitrogen and oxygen atoms in total. The van der Waals surface area contributed by atoms with Crippen molar-refractivity contribution in [3.63, 3.8) is 0 Å². The molecule has 0 aliphatic carbocycles. The lowest BCUT2D eigenvalue weighted by molar-refractivity contribution is -0.120. The second-order valence-corrected chi connectivity index (χ2v) is 4.26. The van der Waals surface area contributed by atoms with E-state index >= 15 is 0 Å². The quantitative estimate of drug-likeness (QED) is 0.837. The summed E-state index contributed by atoms with van der Waals surface area (Å²) in [4.78, 5) is 13.4. The monoisotopic (exact) mass is 218 g/mol. The molecule has 0 radical (unpaired) electrons. The van der Waals surface area contributed by atoms with Crippen LogP contribution in [0.15, 0.2) is 18.2 Å². The summed E-state index contributed by atoms with van der Waals surface area (Å²) < 4.78 is 0. The van der Waals surface area contributed by atoms with Crippen LogP contribution in [0.1, 0.15) is 24.5 Å². The fourth-order valence-electron chi connectivity index (χ4n) is 2.06. The Bertz CT molecular complexity index is 401. The van der Waals surface area contributed by atoms with E-state index < -0.39 is 0 Å². The number of carbonyl (C=O) groups is 1. The molecule has 0 unspecified atom stereocenters. The van der Waals surface area contributed by atoms with Crippen LogP contribution in [0, 0.1) is 0 Å². The van der Waals surface area contributed by atoms with Crippen LogP contribution in [0.2, 0.25) is 0 Å². The van der Waals surface area contributed by atoms with Crippen molar-refractivity contribution in [2.75, 3.05) is 18.5 Å². The number of nitrogens with one attached hydrogen (secondary N) is 1. The van der Waals surface area contributed by atoms with Crippen molar-refractivity contribution < 1.29 is 4.79 Å². The van der Waals surface area contributed by atoms with Crippen LogP contribution in [0.3, 0.4) is 0 Å². The number of carbonyl (C=O) groups excluding carboxylic acids is 1. The fourth-order valence-corrected chi connectivity index (χ4v) is 2.06. The Morgan fingerprint density at radius 1 is 1.50 bits per heavy atom. The Balaban J connectivity index is 2.05. The van der Waals surface area contributed by atoms with Crippen LogP contribution < -0.4 is 10.2 Å². The van der Waals surface area contributed by atoms with Gasteiger partial charge in [0.15, 0.2) is 0 Å². The predicted molar refractivity (Wildman–Crippen MR) is 65.6 cm³/mol. The molecule has 1 aliphatic heterocycles. The number of hydrogen-bond acceptors (Lipinski definition) is 2. The van der Waals surface area contributed by atoms with Crippen LogP contribution in [-0.2, 0) is 17.8 Å². The summed E-state index contributed by atoms with van der Waals surface area (Å²) in [5.41, 5.74) is 3.91. The summed E-state index contributed by atoms with van der Waals surface area (Å²) in [5, 5.41) is 2.90. The third kappa shape index (κ3) is 2.18. The molecule has 1 aromatic carbocycles. The first kappa shape index (κ1) is 11.0. The van der Waals surface area contributed by atoms with Gasteiger partial charge < -0.3 is 10.2 Å². The zero-order chi connectivity index (χ0) is 11.5. The largest absolute Gasteiger partial charge is 0.374 e. The normalized spacial score (nSPS) is 13.8. The molecule has 0 spiro atoms.